The van der Waals surface area contributed by atoms with Gasteiger partial charge in [0.2, 0.25) is 0 Å². The smallest absolute Gasteiger partial charge is 0.271 e. The van der Waals surface area contributed by atoms with Crippen molar-refractivity contribution in [3.05, 3.63) is 79.3 Å². The van der Waals surface area contributed by atoms with E-state index >= 15 is 0 Å². The first kappa shape index (κ1) is 19.1. The Morgan fingerprint density at radius 1 is 1.17 bits per heavy atom. The summed E-state index contributed by atoms with van der Waals surface area (Å²) in [6.07, 6.45) is 1.88. The number of fused-ring (bicyclic) bond motifs is 1. The molecule has 3 aromatic rings. The van der Waals surface area contributed by atoms with E-state index in [2.05, 4.69) is 4.99 Å². The van der Waals surface area contributed by atoms with E-state index in [9.17, 15) is 9.59 Å². The molecule has 29 heavy (non-hydrogen) atoms. The summed E-state index contributed by atoms with van der Waals surface area (Å²) in [6.45, 7) is 5.02. The molecule has 7 heteroatoms. The molecule has 0 spiro atoms. The van der Waals surface area contributed by atoms with Gasteiger partial charge in [0, 0.05) is 11.3 Å². The first-order valence-corrected chi connectivity index (χ1v) is 10.2. The second-order valence-corrected chi connectivity index (χ2v) is 7.72. The summed E-state index contributed by atoms with van der Waals surface area (Å²) in [4.78, 5) is 31.7. The third kappa shape index (κ3) is 4.00. The molecule has 0 saturated carbocycles. The van der Waals surface area contributed by atoms with Gasteiger partial charge in [-0.1, -0.05) is 23.5 Å². The zero-order valence-electron chi connectivity index (χ0n) is 16.3. The molecule has 0 unspecified atom stereocenters. The molecule has 1 aromatic heterocycles. The highest BCUT2D eigenvalue weighted by Crippen LogP contribution is 2.17. The summed E-state index contributed by atoms with van der Waals surface area (Å²) in [5, 5.41) is 0. The zero-order chi connectivity index (χ0) is 20.4. The summed E-state index contributed by atoms with van der Waals surface area (Å²) in [6, 6.07) is 15.1. The maximum absolute atomic E-state index is 12.9. The molecule has 0 fully saturated rings. The number of ether oxygens (including phenoxy) is 1. The SMILES string of the molecule is CCOc1ccc(/C=c2/sc3n(c2=O)CN(c2ccc(C(C)=O)cc2)CN=3)cc1. The number of rotatable bonds is 5. The molecule has 6 nitrogen and oxygen atoms in total. The second kappa shape index (κ2) is 8.05. The van der Waals surface area contributed by atoms with Crippen molar-refractivity contribution >= 4 is 28.9 Å². The molecule has 1 aliphatic rings. The lowest BCUT2D eigenvalue weighted by molar-refractivity contribution is 0.101. The fourth-order valence-corrected chi connectivity index (χ4v) is 4.12. The van der Waals surface area contributed by atoms with E-state index in [0.717, 1.165) is 21.8 Å². The zero-order valence-corrected chi connectivity index (χ0v) is 17.1. The summed E-state index contributed by atoms with van der Waals surface area (Å²) in [7, 11) is 0. The molecule has 1 aliphatic heterocycles. The Bertz CT molecular complexity index is 1210. The number of nitrogens with zero attached hydrogens (tertiary/aromatic N) is 3. The quantitative estimate of drug-likeness (QED) is 0.610. The molecule has 2 aromatic carbocycles. The number of carbonyl (C=O) groups is 1. The molecule has 4 rings (SSSR count). The van der Waals surface area contributed by atoms with Gasteiger partial charge in [0.25, 0.3) is 5.56 Å². The van der Waals surface area contributed by atoms with Gasteiger partial charge in [-0.05, 0) is 61.9 Å². The van der Waals surface area contributed by atoms with Crippen molar-refractivity contribution < 1.29 is 9.53 Å². The number of aromatic nitrogens is 1. The van der Waals surface area contributed by atoms with Crippen molar-refractivity contribution in [1.82, 2.24) is 4.57 Å². The average Bonchev–Trinajstić information content (AvgIpc) is 3.04. The number of carbonyl (C=O) groups excluding carboxylic acids is 1. The number of hydrogen-bond donors (Lipinski definition) is 0. The molecule has 0 atom stereocenters. The molecule has 2 heterocycles. The van der Waals surface area contributed by atoms with Crippen LogP contribution in [0.15, 0.2) is 58.3 Å². The summed E-state index contributed by atoms with van der Waals surface area (Å²) in [5.41, 5.74) is 2.50. The average molecular weight is 407 g/mol. The third-order valence-electron chi connectivity index (χ3n) is 4.70. The molecule has 0 amide bonds. The first-order valence-electron chi connectivity index (χ1n) is 9.40. The van der Waals surface area contributed by atoms with E-state index in [1.807, 2.05) is 54.3 Å². The van der Waals surface area contributed by atoms with Gasteiger partial charge in [-0.15, -0.1) is 0 Å². The molecule has 0 N–H and O–H groups in total. The van der Waals surface area contributed by atoms with Crippen LogP contribution in [0.5, 0.6) is 5.75 Å². The predicted molar refractivity (Wildman–Crippen MR) is 114 cm³/mol. The Kier molecular flexibility index (Phi) is 5.31. The Balaban J connectivity index is 1.61. The van der Waals surface area contributed by atoms with E-state index in [1.54, 1.807) is 23.6 Å². The monoisotopic (exact) mass is 407 g/mol. The van der Waals surface area contributed by atoms with Crippen molar-refractivity contribution in [3.63, 3.8) is 0 Å². The van der Waals surface area contributed by atoms with Crippen molar-refractivity contribution in [3.8, 4) is 5.75 Å². The summed E-state index contributed by atoms with van der Waals surface area (Å²) in [5.74, 6) is 0.846. The van der Waals surface area contributed by atoms with Gasteiger partial charge < -0.3 is 9.64 Å². The Hall–Kier alpha value is -3.19. The lowest BCUT2D eigenvalue weighted by Gasteiger charge is -2.25. The van der Waals surface area contributed by atoms with Crippen molar-refractivity contribution in [2.24, 2.45) is 4.99 Å². The van der Waals surface area contributed by atoms with Crippen LogP contribution in [-0.4, -0.2) is 23.6 Å². The van der Waals surface area contributed by atoms with Gasteiger partial charge in [0.15, 0.2) is 10.6 Å². The van der Waals surface area contributed by atoms with Gasteiger partial charge in [0.05, 0.1) is 11.1 Å². The van der Waals surface area contributed by atoms with Crippen LogP contribution in [0.3, 0.4) is 0 Å². The van der Waals surface area contributed by atoms with Crippen LogP contribution in [-0.2, 0) is 6.67 Å². The van der Waals surface area contributed by atoms with Crippen molar-refractivity contribution in [2.75, 3.05) is 18.2 Å². The topological polar surface area (TPSA) is 63.9 Å². The molecule has 0 saturated heterocycles. The number of hydrogen-bond acceptors (Lipinski definition) is 6. The normalized spacial score (nSPS) is 13.7. The Morgan fingerprint density at radius 2 is 1.90 bits per heavy atom. The molecular weight excluding hydrogens is 386 g/mol. The number of Topliss-reactive ketones (excluding diaryl/α,β-unsaturated/α-hetero) is 1. The number of anilines is 1. The second-order valence-electron chi connectivity index (χ2n) is 6.71. The third-order valence-corrected chi connectivity index (χ3v) is 5.75. The highest BCUT2D eigenvalue weighted by molar-refractivity contribution is 7.07. The predicted octanol–water partition coefficient (Wildman–Crippen LogP) is 2.39. The number of ketones is 1. The minimum absolute atomic E-state index is 0.0330. The van der Waals surface area contributed by atoms with Crippen LogP contribution in [0, 0.1) is 0 Å². The van der Waals surface area contributed by atoms with Gasteiger partial charge in [0.1, 0.15) is 19.1 Å². The number of benzene rings is 2. The van der Waals surface area contributed by atoms with Crippen LogP contribution in [0.25, 0.3) is 6.08 Å². The van der Waals surface area contributed by atoms with Crippen LogP contribution >= 0.6 is 11.3 Å². The Labute approximate surface area is 172 Å². The van der Waals surface area contributed by atoms with E-state index in [-0.39, 0.29) is 11.3 Å². The summed E-state index contributed by atoms with van der Waals surface area (Å²) >= 11 is 1.40. The largest absolute Gasteiger partial charge is 0.494 e. The van der Waals surface area contributed by atoms with Crippen LogP contribution in [0.2, 0.25) is 0 Å². The minimum Gasteiger partial charge on any atom is -0.494 e. The molecule has 0 aliphatic carbocycles. The molecule has 148 valence electrons. The number of thiazole rings is 1. The fourth-order valence-electron chi connectivity index (χ4n) is 3.16. The van der Waals surface area contributed by atoms with Crippen LogP contribution in [0.4, 0.5) is 5.69 Å². The van der Waals surface area contributed by atoms with E-state index in [1.165, 1.54) is 11.3 Å². The standard InChI is InChI=1S/C22H21N3O3S/c1-3-28-19-10-4-16(5-11-19)12-20-21(27)25-14-24(13-23-22(25)29-20)18-8-6-17(7-9-18)15(2)26/h4-12H,3,13-14H2,1-2H3/b20-12+. The minimum atomic E-state index is -0.0484. The maximum atomic E-state index is 12.9. The molecular formula is C22H21N3O3S. The highest BCUT2D eigenvalue weighted by Gasteiger charge is 2.16. The van der Waals surface area contributed by atoms with Crippen LogP contribution < -0.4 is 24.5 Å². The lowest BCUT2D eigenvalue weighted by Crippen LogP contribution is -2.42. The van der Waals surface area contributed by atoms with Crippen molar-refractivity contribution in [2.45, 2.75) is 20.5 Å². The van der Waals surface area contributed by atoms with Gasteiger partial charge in [-0.3, -0.25) is 14.2 Å². The van der Waals surface area contributed by atoms with Gasteiger partial charge in [-0.2, -0.15) is 0 Å². The summed E-state index contributed by atoms with van der Waals surface area (Å²) < 4.78 is 7.80. The van der Waals surface area contributed by atoms with E-state index < -0.39 is 0 Å². The maximum Gasteiger partial charge on any atom is 0.271 e. The van der Waals surface area contributed by atoms with E-state index in [0.29, 0.717) is 30.0 Å². The van der Waals surface area contributed by atoms with Gasteiger partial charge in [-0.25, -0.2) is 4.99 Å². The van der Waals surface area contributed by atoms with Crippen molar-refractivity contribution in [1.29, 1.82) is 0 Å². The van der Waals surface area contributed by atoms with Crippen LogP contribution in [0.1, 0.15) is 29.8 Å². The molecule has 0 radical (unpaired) electrons. The highest BCUT2D eigenvalue weighted by atomic mass is 32.1. The fraction of sp³-hybridized carbons (Fsp3) is 0.227. The van der Waals surface area contributed by atoms with Gasteiger partial charge >= 0.3 is 0 Å². The van der Waals surface area contributed by atoms with E-state index in [4.69, 9.17) is 4.74 Å². The Morgan fingerprint density at radius 3 is 2.55 bits per heavy atom. The molecule has 0 bridgehead atoms. The first-order chi connectivity index (χ1) is 14.0. The lowest BCUT2D eigenvalue weighted by atomic mass is 10.1.